The third kappa shape index (κ3) is 3.05. The Morgan fingerprint density at radius 3 is 2.64 bits per heavy atom. The lowest BCUT2D eigenvalue weighted by molar-refractivity contribution is 0.0665. The van der Waals surface area contributed by atoms with E-state index in [1.807, 2.05) is 42.3 Å². The van der Waals surface area contributed by atoms with Crippen LogP contribution in [0.4, 0.5) is 0 Å². The van der Waals surface area contributed by atoms with Gasteiger partial charge in [-0.1, -0.05) is 30.3 Å². The lowest BCUT2D eigenvalue weighted by Crippen LogP contribution is -2.44. The monoisotopic (exact) mass is 315 g/mol. The molecule has 0 radical (unpaired) electrons. The van der Waals surface area contributed by atoms with Gasteiger partial charge < -0.3 is 9.80 Å². The molecule has 116 valence electrons. The van der Waals surface area contributed by atoms with Crippen molar-refractivity contribution in [3.63, 3.8) is 0 Å². The maximum Gasteiger partial charge on any atom is 0.266 e. The molecular formula is C17H21N3OS. The van der Waals surface area contributed by atoms with Crippen LogP contribution < -0.4 is 0 Å². The van der Waals surface area contributed by atoms with Gasteiger partial charge in [0.1, 0.15) is 4.88 Å². The SMILES string of the molecule is CN1CCC(N(C)C(=O)c2scnc2-c2ccccc2)CC1. The summed E-state index contributed by atoms with van der Waals surface area (Å²) in [4.78, 5) is 22.2. The largest absolute Gasteiger partial charge is 0.338 e. The van der Waals surface area contributed by atoms with Crippen LogP contribution in [0.1, 0.15) is 22.5 Å². The van der Waals surface area contributed by atoms with E-state index < -0.39 is 0 Å². The van der Waals surface area contributed by atoms with Crippen LogP contribution in [0.2, 0.25) is 0 Å². The number of carbonyl (C=O) groups excluding carboxylic acids is 1. The van der Waals surface area contributed by atoms with Crippen LogP contribution in [0, 0.1) is 0 Å². The van der Waals surface area contributed by atoms with E-state index in [0.29, 0.717) is 6.04 Å². The Labute approximate surface area is 135 Å². The molecule has 4 nitrogen and oxygen atoms in total. The summed E-state index contributed by atoms with van der Waals surface area (Å²) in [7, 11) is 4.06. The number of likely N-dealkylation sites (tertiary alicyclic amines) is 1. The molecule has 1 aliphatic heterocycles. The second-order valence-corrected chi connectivity index (χ2v) is 6.70. The van der Waals surface area contributed by atoms with E-state index in [2.05, 4.69) is 16.9 Å². The molecule has 0 N–H and O–H groups in total. The van der Waals surface area contributed by atoms with Crippen molar-refractivity contribution in [2.45, 2.75) is 18.9 Å². The molecule has 3 rings (SSSR count). The van der Waals surface area contributed by atoms with Gasteiger partial charge in [-0.3, -0.25) is 4.79 Å². The summed E-state index contributed by atoms with van der Waals surface area (Å²) in [5, 5.41) is 0. The third-order valence-corrected chi connectivity index (χ3v) is 5.18. The van der Waals surface area contributed by atoms with Crippen LogP contribution >= 0.6 is 11.3 Å². The molecule has 1 fully saturated rings. The summed E-state index contributed by atoms with van der Waals surface area (Å²) in [5.41, 5.74) is 3.57. The maximum atomic E-state index is 12.9. The van der Waals surface area contributed by atoms with Gasteiger partial charge in [0.25, 0.3) is 5.91 Å². The first-order valence-electron chi connectivity index (χ1n) is 7.61. The van der Waals surface area contributed by atoms with Crippen molar-refractivity contribution in [1.29, 1.82) is 0 Å². The molecule has 1 aliphatic rings. The number of rotatable bonds is 3. The van der Waals surface area contributed by atoms with Crippen LogP contribution in [0.15, 0.2) is 35.8 Å². The molecule has 2 heterocycles. The molecule has 22 heavy (non-hydrogen) atoms. The number of carbonyl (C=O) groups is 1. The highest BCUT2D eigenvalue weighted by atomic mass is 32.1. The van der Waals surface area contributed by atoms with Gasteiger partial charge in [0.05, 0.1) is 11.2 Å². The van der Waals surface area contributed by atoms with E-state index in [1.54, 1.807) is 5.51 Å². The zero-order chi connectivity index (χ0) is 15.5. The van der Waals surface area contributed by atoms with Crippen LogP contribution in [0.3, 0.4) is 0 Å². The predicted octanol–water partition coefficient (Wildman–Crippen LogP) is 2.98. The average molecular weight is 315 g/mol. The standard InChI is InChI=1S/C17H21N3OS/c1-19-10-8-14(9-11-19)20(2)17(21)16-15(18-12-22-16)13-6-4-3-5-7-13/h3-7,12,14H,8-11H2,1-2H3. The summed E-state index contributed by atoms with van der Waals surface area (Å²) in [5.74, 6) is 0.0934. The summed E-state index contributed by atoms with van der Waals surface area (Å²) < 4.78 is 0. The second-order valence-electron chi connectivity index (χ2n) is 5.85. The third-order valence-electron chi connectivity index (χ3n) is 4.37. The summed E-state index contributed by atoms with van der Waals surface area (Å²) in [6, 6.07) is 10.3. The minimum atomic E-state index is 0.0934. The number of amides is 1. The van der Waals surface area contributed by atoms with Crippen molar-refractivity contribution in [3.8, 4) is 11.3 Å². The molecule has 0 aliphatic carbocycles. The number of thiazole rings is 1. The number of aromatic nitrogens is 1. The van der Waals surface area contributed by atoms with Gasteiger partial charge >= 0.3 is 0 Å². The van der Waals surface area contributed by atoms with Crippen molar-refractivity contribution in [2.24, 2.45) is 0 Å². The second kappa shape index (κ2) is 6.58. The highest BCUT2D eigenvalue weighted by molar-refractivity contribution is 7.12. The zero-order valence-corrected chi connectivity index (χ0v) is 13.8. The fourth-order valence-corrected chi connectivity index (χ4v) is 3.70. The van der Waals surface area contributed by atoms with Gasteiger partial charge in [0.15, 0.2) is 0 Å². The zero-order valence-electron chi connectivity index (χ0n) is 13.0. The van der Waals surface area contributed by atoms with E-state index in [0.717, 1.165) is 42.1 Å². The van der Waals surface area contributed by atoms with Crippen molar-refractivity contribution >= 4 is 17.2 Å². The fourth-order valence-electron chi connectivity index (χ4n) is 2.91. The first-order chi connectivity index (χ1) is 10.7. The molecule has 1 aromatic heterocycles. The van der Waals surface area contributed by atoms with Gasteiger partial charge in [-0.15, -0.1) is 11.3 Å². The van der Waals surface area contributed by atoms with Crippen molar-refractivity contribution < 1.29 is 4.79 Å². The van der Waals surface area contributed by atoms with Gasteiger partial charge in [-0.25, -0.2) is 4.98 Å². The van der Waals surface area contributed by atoms with E-state index >= 15 is 0 Å². The Morgan fingerprint density at radius 2 is 1.95 bits per heavy atom. The predicted molar refractivity (Wildman–Crippen MR) is 90.2 cm³/mol. The summed E-state index contributed by atoms with van der Waals surface area (Å²) in [6.07, 6.45) is 2.08. The molecule has 0 unspecified atom stereocenters. The highest BCUT2D eigenvalue weighted by Crippen LogP contribution is 2.27. The topological polar surface area (TPSA) is 36.4 Å². The highest BCUT2D eigenvalue weighted by Gasteiger charge is 2.27. The molecule has 5 heteroatoms. The minimum absolute atomic E-state index is 0.0934. The molecular weight excluding hydrogens is 294 g/mol. The Bertz CT molecular complexity index is 632. The molecule has 2 aromatic rings. The molecule has 1 aromatic carbocycles. The Morgan fingerprint density at radius 1 is 1.27 bits per heavy atom. The Hall–Kier alpha value is -1.72. The number of hydrogen-bond donors (Lipinski definition) is 0. The summed E-state index contributed by atoms with van der Waals surface area (Å²) >= 11 is 1.43. The molecule has 0 spiro atoms. The van der Waals surface area contributed by atoms with E-state index in [4.69, 9.17) is 0 Å². The molecule has 1 saturated heterocycles. The summed E-state index contributed by atoms with van der Waals surface area (Å²) in [6.45, 7) is 2.10. The average Bonchev–Trinajstić information content (AvgIpc) is 3.04. The van der Waals surface area contributed by atoms with Crippen molar-refractivity contribution in [3.05, 3.63) is 40.7 Å². The van der Waals surface area contributed by atoms with Crippen LogP contribution in [0.25, 0.3) is 11.3 Å². The Kier molecular flexibility index (Phi) is 4.55. The quantitative estimate of drug-likeness (QED) is 0.874. The van der Waals surface area contributed by atoms with Crippen molar-refractivity contribution in [2.75, 3.05) is 27.2 Å². The van der Waals surface area contributed by atoms with Gasteiger partial charge in [-0.2, -0.15) is 0 Å². The molecule has 0 atom stereocenters. The number of hydrogen-bond acceptors (Lipinski definition) is 4. The fraction of sp³-hybridized carbons (Fsp3) is 0.412. The number of benzene rings is 1. The van der Waals surface area contributed by atoms with E-state index in [-0.39, 0.29) is 5.91 Å². The number of piperidine rings is 1. The molecule has 0 saturated carbocycles. The van der Waals surface area contributed by atoms with E-state index in [1.165, 1.54) is 11.3 Å². The van der Waals surface area contributed by atoms with Crippen molar-refractivity contribution in [1.82, 2.24) is 14.8 Å². The van der Waals surface area contributed by atoms with Crippen LogP contribution in [0.5, 0.6) is 0 Å². The molecule has 1 amide bonds. The van der Waals surface area contributed by atoms with E-state index in [9.17, 15) is 4.79 Å². The lowest BCUT2D eigenvalue weighted by atomic mass is 10.0. The molecule has 0 bridgehead atoms. The van der Waals surface area contributed by atoms with Crippen LogP contribution in [-0.2, 0) is 0 Å². The smallest absolute Gasteiger partial charge is 0.266 e. The first kappa shape index (κ1) is 15.2. The van der Waals surface area contributed by atoms with Gasteiger partial charge in [0, 0.05) is 18.7 Å². The first-order valence-corrected chi connectivity index (χ1v) is 8.49. The minimum Gasteiger partial charge on any atom is -0.338 e. The van der Waals surface area contributed by atoms with Gasteiger partial charge in [0.2, 0.25) is 0 Å². The Balaban J connectivity index is 1.80. The van der Waals surface area contributed by atoms with Crippen LogP contribution in [-0.4, -0.2) is 53.9 Å². The number of nitrogens with zero attached hydrogens (tertiary/aromatic N) is 3. The lowest BCUT2D eigenvalue weighted by Gasteiger charge is -2.35. The normalized spacial score (nSPS) is 16.6. The van der Waals surface area contributed by atoms with Gasteiger partial charge in [-0.05, 0) is 33.0 Å². The maximum absolute atomic E-state index is 12.9.